The molecule has 0 fully saturated rings. The van der Waals surface area contributed by atoms with Crippen molar-refractivity contribution in [2.24, 2.45) is 5.73 Å². The lowest BCUT2D eigenvalue weighted by Crippen LogP contribution is -1.91. The highest BCUT2D eigenvalue weighted by Crippen LogP contribution is 1.95. The molecule has 0 unspecified atom stereocenters. The number of nitrogens with two attached hydrogens (primary N) is 1. The van der Waals surface area contributed by atoms with E-state index in [4.69, 9.17) is 5.73 Å². The van der Waals surface area contributed by atoms with E-state index < -0.39 is 0 Å². The first-order valence-electron chi connectivity index (χ1n) is 2.61. The van der Waals surface area contributed by atoms with Crippen LogP contribution in [0.4, 0.5) is 0 Å². The molecular weight excluding hydrogens is 110 g/mol. The third-order valence-corrected chi connectivity index (χ3v) is 0.850. The molecule has 1 nitrogen and oxygen atoms in total. The lowest BCUT2D eigenvalue weighted by molar-refractivity contribution is 1.42. The molecule has 0 radical (unpaired) electrons. The summed E-state index contributed by atoms with van der Waals surface area (Å²) < 4.78 is 0. The van der Waals surface area contributed by atoms with Crippen LogP contribution in [0.3, 0.4) is 0 Å². The van der Waals surface area contributed by atoms with Gasteiger partial charge in [-0.1, -0.05) is 25.8 Å². The number of allylic oxidation sites excluding steroid dienone is 4. The highest BCUT2D eigenvalue weighted by Gasteiger charge is 1.80. The van der Waals surface area contributed by atoms with Gasteiger partial charge in [0, 0.05) is 5.70 Å². The van der Waals surface area contributed by atoms with Gasteiger partial charge in [0.1, 0.15) is 0 Å². The third-order valence-electron chi connectivity index (χ3n) is 0.850. The molecule has 0 aliphatic heterocycles. The number of rotatable bonds is 3. The minimum absolute atomic E-state index is 0.611. The summed E-state index contributed by atoms with van der Waals surface area (Å²) in [5.41, 5.74) is 6.79. The van der Waals surface area contributed by atoms with E-state index in [0.717, 1.165) is 5.57 Å². The van der Waals surface area contributed by atoms with Crippen molar-refractivity contribution in [1.82, 2.24) is 0 Å². The first-order chi connectivity index (χ1) is 4.20. The zero-order valence-corrected chi connectivity index (χ0v) is 5.43. The van der Waals surface area contributed by atoms with Gasteiger partial charge in [0.05, 0.1) is 0 Å². The summed E-state index contributed by atoms with van der Waals surface area (Å²) in [6.45, 7) is 10.6. The second-order valence-corrected chi connectivity index (χ2v) is 1.63. The van der Waals surface area contributed by atoms with E-state index in [1.807, 2.05) is 0 Å². The lowest BCUT2D eigenvalue weighted by Gasteiger charge is -1.89. The Morgan fingerprint density at radius 2 is 1.78 bits per heavy atom. The molecule has 0 spiro atoms. The van der Waals surface area contributed by atoms with E-state index >= 15 is 0 Å². The Balaban J connectivity index is 4.10. The van der Waals surface area contributed by atoms with Crippen LogP contribution in [0, 0.1) is 0 Å². The Morgan fingerprint density at radius 1 is 1.22 bits per heavy atom. The molecule has 0 atom stereocenters. The van der Waals surface area contributed by atoms with Gasteiger partial charge in [-0.2, -0.15) is 0 Å². The number of hydrogen-bond acceptors (Lipinski definition) is 1. The quantitative estimate of drug-likeness (QED) is 0.566. The predicted molar refractivity (Wildman–Crippen MR) is 41.8 cm³/mol. The second-order valence-electron chi connectivity index (χ2n) is 1.63. The Morgan fingerprint density at radius 3 is 2.11 bits per heavy atom. The van der Waals surface area contributed by atoms with Gasteiger partial charge in [0.25, 0.3) is 0 Å². The van der Waals surface area contributed by atoms with Crippen LogP contribution in [-0.2, 0) is 0 Å². The van der Waals surface area contributed by atoms with Gasteiger partial charge in [0.15, 0.2) is 0 Å². The van der Waals surface area contributed by atoms with Crippen molar-refractivity contribution in [2.45, 2.75) is 0 Å². The van der Waals surface area contributed by atoms with E-state index in [1.54, 1.807) is 18.2 Å². The standard InChI is InChI=1S/C8H11N/c1-4-7(3)6-8(9)5-2/h4-6H,1-3,9H2/b8-6+. The summed E-state index contributed by atoms with van der Waals surface area (Å²) in [6.07, 6.45) is 4.91. The fourth-order valence-corrected chi connectivity index (χ4v) is 0.332. The molecule has 0 rings (SSSR count). The fraction of sp³-hybridized carbons (Fsp3) is 0. The summed E-state index contributed by atoms with van der Waals surface area (Å²) >= 11 is 0. The molecule has 9 heavy (non-hydrogen) atoms. The van der Waals surface area contributed by atoms with Crippen molar-refractivity contribution < 1.29 is 0 Å². The lowest BCUT2D eigenvalue weighted by atomic mass is 10.2. The first-order valence-corrected chi connectivity index (χ1v) is 2.61. The van der Waals surface area contributed by atoms with Gasteiger partial charge in [-0.25, -0.2) is 0 Å². The van der Waals surface area contributed by atoms with Crippen molar-refractivity contribution in [3.8, 4) is 0 Å². The molecule has 0 bridgehead atoms. The zero-order chi connectivity index (χ0) is 7.28. The van der Waals surface area contributed by atoms with Gasteiger partial charge in [0.2, 0.25) is 0 Å². The molecule has 0 aromatic rings. The molecule has 0 saturated carbocycles. The van der Waals surface area contributed by atoms with Crippen molar-refractivity contribution in [3.05, 3.63) is 49.2 Å². The van der Waals surface area contributed by atoms with Crippen LogP contribution in [0.5, 0.6) is 0 Å². The van der Waals surface area contributed by atoms with Crippen molar-refractivity contribution in [1.29, 1.82) is 0 Å². The van der Waals surface area contributed by atoms with E-state index in [1.165, 1.54) is 0 Å². The molecule has 0 aromatic carbocycles. The summed E-state index contributed by atoms with van der Waals surface area (Å²) in [5, 5.41) is 0. The van der Waals surface area contributed by atoms with Crippen LogP contribution in [0.2, 0.25) is 0 Å². The molecule has 1 heteroatoms. The number of hydrogen-bond donors (Lipinski definition) is 1. The van der Waals surface area contributed by atoms with Gasteiger partial charge in [-0.05, 0) is 17.7 Å². The Kier molecular flexibility index (Phi) is 3.21. The van der Waals surface area contributed by atoms with Crippen LogP contribution >= 0.6 is 0 Å². The topological polar surface area (TPSA) is 26.0 Å². The first kappa shape index (κ1) is 7.76. The average Bonchev–Trinajstić information content (AvgIpc) is 1.87. The Hall–Kier alpha value is -1.24. The van der Waals surface area contributed by atoms with Gasteiger partial charge < -0.3 is 5.73 Å². The largest absolute Gasteiger partial charge is 0.399 e. The highest BCUT2D eigenvalue weighted by atomic mass is 14.5. The minimum atomic E-state index is 0.611. The summed E-state index contributed by atoms with van der Waals surface area (Å²) in [5.74, 6) is 0. The van der Waals surface area contributed by atoms with Gasteiger partial charge in [-0.15, -0.1) is 0 Å². The van der Waals surface area contributed by atoms with Crippen LogP contribution in [0.25, 0.3) is 0 Å². The second kappa shape index (κ2) is 3.72. The smallest absolute Gasteiger partial charge is 0.0313 e. The monoisotopic (exact) mass is 121 g/mol. The van der Waals surface area contributed by atoms with E-state index in [9.17, 15) is 0 Å². The molecular formula is C8H11N. The summed E-state index contributed by atoms with van der Waals surface area (Å²) in [7, 11) is 0. The molecule has 0 aromatic heterocycles. The minimum Gasteiger partial charge on any atom is -0.399 e. The maximum Gasteiger partial charge on any atom is 0.0313 e. The van der Waals surface area contributed by atoms with E-state index in [-0.39, 0.29) is 0 Å². The van der Waals surface area contributed by atoms with Crippen LogP contribution in [-0.4, -0.2) is 0 Å². The van der Waals surface area contributed by atoms with Crippen molar-refractivity contribution >= 4 is 0 Å². The zero-order valence-electron chi connectivity index (χ0n) is 5.43. The molecule has 0 saturated heterocycles. The maximum absolute atomic E-state index is 5.38. The van der Waals surface area contributed by atoms with Crippen LogP contribution < -0.4 is 5.73 Å². The van der Waals surface area contributed by atoms with Gasteiger partial charge in [-0.3, -0.25) is 0 Å². The molecule has 0 aliphatic rings. The molecule has 0 heterocycles. The predicted octanol–water partition coefficient (Wildman–Crippen LogP) is 1.76. The fourth-order valence-electron chi connectivity index (χ4n) is 0.332. The van der Waals surface area contributed by atoms with E-state index in [0.29, 0.717) is 5.70 Å². The van der Waals surface area contributed by atoms with Crippen molar-refractivity contribution in [3.63, 3.8) is 0 Å². The molecule has 2 N–H and O–H groups in total. The van der Waals surface area contributed by atoms with Crippen molar-refractivity contribution in [2.75, 3.05) is 0 Å². The highest BCUT2D eigenvalue weighted by molar-refractivity contribution is 5.31. The Bertz CT molecular complexity index is 163. The normalized spacial score (nSPS) is 10.4. The molecule has 0 amide bonds. The summed E-state index contributed by atoms with van der Waals surface area (Å²) in [4.78, 5) is 0. The van der Waals surface area contributed by atoms with E-state index in [2.05, 4.69) is 19.7 Å². The molecule has 0 aliphatic carbocycles. The van der Waals surface area contributed by atoms with Crippen LogP contribution in [0.1, 0.15) is 0 Å². The average molecular weight is 121 g/mol. The SMILES string of the molecule is C=CC(=C)/C=C(/N)C=C. The van der Waals surface area contributed by atoms with Crippen LogP contribution in [0.15, 0.2) is 49.2 Å². The maximum atomic E-state index is 5.38. The summed E-state index contributed by atoms with van der Waals surface area (Å²) in [6, 6.07) is 0. The van der Waals surface area contributed by atoms with Gasteiger partial charge >= 0.3 is 0 Å². The third kappa shape index (κ3) is 3.35. The molecule has 48 valence electrons. The Labute approximate surface area is 55.9 Å².